The zero-order chi connectivity index (χ0) is 10.2. The van der Waals surface area contributed by atoms with Gasteiger partial charge in [0.05, 0.1) is 0 Å². The topological polar surface area (TPSA) is 29.4 Å². The predicted molar refractivity (Wildman–Crippen MR) is 59.2 cm³/mol. The van der Waals surface area contributed by atoms with Crippen molar-refractivity contribution in [3.8, 4) is 0 Å². The first-order valence-corrected chi connectivity index (χ1v) is 4.92. The van der Waals surface area contributed by atoms with Crippen LogP contribution in [0.2, 0.25) is 0 Å². The number of aliphatic imine (C=N–C) groups is 1. The van der Waals surface area contributed by atoms with Crippen LogP contribution in [0.4, 0.5) is 0 Å². The van der Waals surface area contributed by atoms with Crippen molar-refractivity contribution in [1.82, 2.24) is 0 Å². The van der Waals surface area contributed by atoms with Crippen LogP contribution in [0.3, 0.4) is 0 Å². The highest BCUT2D eigenvalue weighted by Crippen LogP contribution is 2.03. The number of nitrogens with zero attached hydrogens (tertiary/aromatic N) is 1. The molecule has 0 atom stereocenters. The van der Waals surface area contributed by atoms with Crippen LogP contribution in [-0.4, -0.2) is 19.0 Å². The average molecular weight is 189 g/mol. The Morgan fingerprint density at radius 1 is 1.29 bits per heavy atom. The van der Waals surface area contributed by atoms with Crippen molar-refractivity contribution in [2.75, 3.05) is 6.54 Å². The second kappa shape index (κ2) is 6.08. The number of benzene rings is 1. The molecule has 0 heterocycles. The summed E-state index contributed by atoms with van der Waals surface area (Å²) in [7, 11) is 0. The number of unbranched alkanes of at least 4 members (excludes halogenated alkanes) is 1. The molecular weight excluding hydrogens is 174 g/mol. The lowest BCUT2D eigenvalue weighted by molar-refractivity contribution is 0.112. The van der Waals surface area contributed by atoms with Crippen LogP contribution in [0.15, 0.2) is 29.3 Å². The standard InChI is InChI=1S/C12H15NO/c1-2-3-8-13-9-11-6-4-5-7-12(11)10-14/h4-7,9-10H,2-3,8H2,1H3. The van der Waals surface area contributed by atoms with Crippen molar-refractivity contribution in [3.05, 3.63) is 35.4 Å². The van der Waals surface area contributed by atoms with Crippen LogP contribution in [0, 0.1) is 0 Å². The summed E-state index contributed by atoms with van der Waals surface area (Å²) in [5.41, 5.74) is 1.60. The van der Waals surface area contributed by atoms with E-state index in [2.05, 4.69) is 11.9 Å². The quantitative estimate of drug-likeness (QED) is 0.398. The summed E-state index contributed by atoms with van der Waals surface area (Å²) in [5.74, 6) is 0. The van der Waals surface area contributed by atoms with Gasteiger partial charge >= 0.3 is 0 Å². The molecule has 0 spiro atoms. The van der Waals surface area contributed by atoms with Crippen molar-refractivity contribution in [2.24, 2.45) is 4.99 Å². The molecule has 0 amide bonds. The van der Waals surface area contributed by atoms with Crippen LogP contribution in [0.1, 0.15) is 35.7 Å². The summed E-state index contributed by atoms with van der Waals surface area (Å²) in [4.78, 5) is 14.9. The smallest absolute Gasteiger partial charge is 0.150 e. The maximum Gasteiger partial charge on any atom is 0.150 e. The first-order chi connectivity index (χ1) is 6.88. The monoisotopic (exact) mass is 189 g/mol. The van der Waals surface area contributed by atoms with E-state index in [4.69, 9.17) is 0 Å². The van der Waals surface area contributed by atoms with Crippen molar-refractivity contribution >= 4 is 12.5 Å². The number of carbonyl (C=O) groups excluding carboxylic acids is 1. The Hall–Kier alpha value is -1.44. The van der Waals surface area contributed by atoms with E-state index in [1.54, 1.807) is 12.3 Å². The molecule has 0 unspecified atom stereocenters. The molecule has 0 radical (unpaired) electrons. The maximum absolute atomic E-state index is 10.7. The van der Waals surface area contributed by atoms with Gasteiger partial charge in [-0.05, 0) is 6.42 Å². The van der Waals surface area contributed by atoms with Gasteiger partial charge in [-0.15, -0.1) is 0 Å². The summed E-state index contributed by atoms with van der Waals surface area (Å²) in [5, 5.41) is 0. The van der Waals surface area contributed by atoms with Crippen molar-refractivity contribution in [3.63, 3.8) is 0 Å². The van der Waals surface area contributed by atoms with Crippen LogP contribution in [0.25, 0.3) is 0 Å². The first kappa shape index (κ1) is 10.6. The van der Waals surface area contributed by atoms with Crippen LogP contribution in [-0.2, 0) is 0 Å². The highest BCUT2D eigenvalue weighted by molar-refractivity contribution is 5.92. The Morgan fingerprint density at radius 3 is 2.64 bits per heavy atom. The SMILES string of the molecule is CCCCN=Cc1ccccc1C=O. The molecule has 0 aliphatic rings. The molecule has 14 heavy (non-hydrogen) atoms. The number of rotatable bonds is 5. The number of carbonyl (C=O) groups is 1. The first-order valence-electron chi connectivity index (χ1n) is 4.92. The van der Waals surface area contributed by atoms with Gasteiger partial charge < -0.3 is 0 Å². The molecule has 1 rings (SSSR count). The van der Waals surface area contributed by atoms with E-state index >= 15 is 0 Å². The number of hydrogen-bond acceptors (Lipinski definition) is 2. The number of hydrogen-bond donors (Lipinski definition) is 0. The second-order valence-corrected chi connectivity index (χ2v) is 3.14. The molecule has 0 saturated heterocycles. The van der Waals surface area contributed by atoms with Gasteiger partial charge in [0.25, 0.3) is 0 Å². The normalized spacial score (nSPS) is 10.6. The fourth-order valence-corrected chi connectivity index (χ4v) is 1.15. The van der Waals surface area contributed by atoms with Crippen molar-refractivity contribution in [1.29, 1.82) is 0 Å². The Labute approximate surface area is 84.7 Å². The van der Waals surface area contributed by atoms with Crippen LogP contribution < -0.4 is 0 Å². The minimum Gasteiger partial charge on any atom is -0.298 e. The Kier molecular flexibility index (Phi) is 4.62. The van der Waals surface area contributed by atoms with E-state index in [0.29, 0.717) is 5.56 Å². The zero-order valence-electron chi connectivity index (χ0n) is 8.44. The molecule has 0 saturated carbocycles. The van der Waals surface area contributed by atoms with Crippen molar-refractivity contribution < 1.29 is 4.79 Å². The van der Waals surface area contributed by atoms with Crippen LogP contribution in [0.5, 0.6) is 0 Å². The minimum absolute atomic E-state index is 0.702. The average Bonchev–Trinajstić information content (AvgIpc) is 2.25. The molecule has 74 valence electrons. The molecule has 1 aromatic rings. The highest BCUT2D eigenvalue weighted by atomic mass is 16.1. The minimum atomic E-state index is 0.702. The van der Waals surface area contributed by atoms with Gasteiger partial charge in [-0.1, -0.05) is 37.6 Å². The molecule has 1 aromatic carbocycles. The predicted octanol–water partition coefficient (Wildman–Crippen LogP) is 2.72. The Bertz CT molecular complexity index is 318. The maximum atomic E-state index is 10.7. The third kappa shape index (κ3) is 3.13. The van der Waals surface area contributed by atoms with Gasteiger partial charge in [0.1, 0.15) is 0 Å². The van der Waals surface area contributed by atoms with Crippen molar-refractivity contribution in [2.45, 2.75) is 19.8 Å². The molecule has 2 heteroatoms. The van der Waals surface area contributed by atoms with Gasteiger partial charge in [0, 0.05) is 23.9 Å². The zero-order valence-corrected chi connectivity index (χ0v) is 8.44. The summed E-state index contributed by atoms with van der Waals surface area (Å²) in [6, 6.07) is 7.47. The summed E-state index contributed by atoms with van der Waals surface area (Å²) in [6.07, 6.45) is 4.88. The van der Waals surface area contributed by atoms with E-state index in [9.17, 15) is 4.79 Å². The molecule has 0 N–H and O–H groups in total. The van der Waals surface area contributed by atoms with E-state index in [-0.39, 0.29) is 0 Å². The molecule has 0 bridgehead atoms. The molecule has 0 aliphatic heterocycles. The fraction of sp³-hybridized carbons (Fsp3) is 0.333. The lowest BCUT2D eigenvalue weighted by Crippen LogP contribution is -1.91. The molecule has 0 aliphatic carbocycles. The summed E-state index contributed by atoms with van der Waals surface area (Å²) in [6.45, 7) is 2.97. The Balaban J connectivity index is 2.65. The molecule has 0 fully saturated rings. The van der Waals surface area contributed by atoms with Gasteiger partial charge in [0.15, 0.2) is 6.29 Å². The van der Waals surface area contributed by atoms with E-state index in [1.807, 2.05) is 18.2 Å². The van der Waals surface area contributed by atoms with E-state index in [0.717, 1.165) is 31.2 Å². The molecule has 0 aromatic heterocycles. The molecular formula is C12H15NO. The summed E-state index contributed by atoms with van der Waals surface area (Å²) < 4.78 is 0. The fourth-order valence-electron chi connectivity index (χ4n) is 1.15. The van der Waals surface area contributed by atoms with Gasteiger partial charge in [-0.2, -0.15) is 0 Å². The van der Waals surface area contributed by atoms with Gasteiger partial charge in [-0.3, -0.25) is 9.79 Å². The van der Waals surface area contributed by atoms with E-state index in [1.165, 1.54) is 0 Å². The van der Waals surface area contributed by atoms with E-state index < -0.39 is 0 Å². The summed E-state index contributed by atoms with van der Waals surface area (Å²) >= 11 is 0. The molecule has 2 nitrogen and oxygen atoms in total. The number of aldehydes is 1. The Morgan fingerprint density at radius 2 is 2.00 bits per heavy atom. The highest BCUT2D eigenvalue weighted by Gasteiger charge is 1.95. The largest absolute Gasteiger partial charge is 0.298 e. The third-order valence-electron chi connectivity index (χ3n) is 1.99. The lowest BCUT2D eigenvalue weighted by atomic mass is 10.1. The van der Waals surface area contributed by atoms with Crippen LogP contribution >= 0.6 is 0 Å². The van der Waals surface area contributed by atoms with Gasteiger partial charge in [0.2, 0.25) is 0 Å². The lowest BCUT2D eigenvalue weighted by Gasteiger charge is -1.96. The van der Waals surface area contributed by atoms with Gasteiger partial charge in [-0.25, -0.2) is 0 Å². The third-order valence-corrected chi connectivity index (χ3v) is 1.99. The second-order valence-electron chi connectivity index (χ2n) is 3.14.